The van der Waals surface area contributed by atoms with Gasteiger partial charge in [-0.2, -0.15) is 11.3 Å². The molecule has 1 aliphatic rings. The van der Waals surface area contributed by atoms with Crippen LogP contribution in [0.15, 0.2) is 27.6 Å². The molecule has 4 heteroatoms. The molecule has 78 valence electrons. The van der Waals surface area contributed by atoms with Crippen LogP contribution in [0.5, 0.6) is 0 Å². The molecule has 1 N–H and O–H groups in total. The third kappa shape index (κ3) is 1.35. The highest BCUT2D eigenvalue weighted by atomic mass is 79.9. The number of halogens is 1. The van der Waals surface area contributed by atoms with E-state index in [1.54, 1.807) is 11.3 Å². The summed E-state index contributed by atoms with van der Waals surface area (Å²) in [5, 5.41) is 4.39. The molecule has 2 aromatic heterocycles. The van der Waals surface area contributed by atoms with Gasteiger partial charge in [0.25, 0.3) is 0 Å². The van der Waals surface area contributed by atoms with Gasteiger partial charge in [-0.05, 0) is 38.3 Å². The first-order chi connectivity index (χ1) is 7.27. The number of aromatic amines is 1. The molecule has 0 bridgehead atoms. The van der Waals surface area contributed by atoms with Gasteiger partial charge in [0.1, 0.15) is 4.60 Å². The van der Waals surface area contributed by atoms with Gasteiger partial charge in [0, 0.05) is 31.3 Å². The molecule has 2 aromatic rings. The quantitative estimate of drug-likeness (QED) is 0.849. The van der Waals surface area contributed by atoms with Gasteiger partial charge >= 0.3 is 0 Å². The van der Waals surface area contributed by atoms with Crippen LogP contribution in [-0.4, -0.2) is 18.6 Å². The van der Waals surface area contributed by atoms with Crippen LogP contribution in [0.3, 0.4) is 0 Å². The predicted molar refractivity (Wildman–Crippen MR) is 67.9 cm³/mol. The van der Waals surface area contributed by atoms with Crippen molar-refractivity contribution >= 4 is 33.0 Å². The van der Waals surface area contributed by atoms with Gasteiger partial charge in [-0.1, -0.05) is 0 Å². The SMILES string of the molecule is CN1CC(c2ccsc2)c2c[nH]c(Br)c21. The summed E-state index contributed by atoms with van der Waals surface area (Å²) in [5.74, 6) is 0.527. The second-order valence-electron chi connectivity index (χ2n) is 3.90. The Hall–Kier alpha value is -0.740. The van der Waals surface area contributed by atoms with Crippen molar-refractivity contribution in [2.24, 2.45) is 0 Å². The summed E-state index contributed by atoms with van der Waals surface area (Å²) in [6.45, 7) is 1.08. The number of anilines is 1. The zero-order valence-corrected chi connectivity index (χ0v) is 10.7. The van der Waals surface area contributed by atoms with Crippen molar-refractivity contribution in [1.82, 2.24) is 4.98 Å². The highest BCUT2D eigenvalue weighted by molar-refractivity contribution is 9.10. The number of nitrogens with zero attached hydrogens (tertiary/aromatic N) is 1. The maximum atomic E-state index is 3.55. The Labute approximate surface area is 101 Å². The largest absolute Gasteiger partial charge is 0.371 e. The van der Waals surface area contributed by atoms with Gasteiger partial charge in [0.05, 0.1) is 5.69 Å². The lowest BCUT2D eigenvalue weighted by Crippen LogP contribution is -2.16. The van der Waals surface area contributed by atoms with Crippen molar-refractivity contribution in [2.45, 2.75) is 5.92 Å². The van der Waals surface area contributed by atoms with Crippen molar-refractivity contribution in [3.8, 4) is 0 Å². The zero-order valence-electron chi connectivity index (χ0n) is 8.33. The molecule has 1 atom stereocenters. The van der Waals surface area contributed by atoms with Gasteiger partial charge in [-0.25, -0.2) is 0 Å². The number of likely N-dealkylation sites (N-methyl/N-ethyl adjacent to an activating group) is 1. The predicted octanol–water partition coefficient (Wildman–Crippen LogP) is 3.42. The lowest BCUT2D eigenvalue weighted by molar-refractivity contribution is 0.834. The van der Waals surface area contributed by atoms with Crippen molar-refractivity contribution in [3.05, 3.63) is 38.8 Å². The third-order valence-corrected chi connectivity index (χ3v) is 4.30. The average Bonchev–Trinajstić information content (AvgIpc) is 2.86. The Morgan fingerprint density at radius 1 is 1.60 bits per heavy atom. The summed E-state index contributed by atoms with van der Waals surface area (Å²) in [7, 11) is 2.14. The summed E-state index contributed by atoms with van der Waals surface area (Å²) in [4.78, 5) is 5.54. The normalized spacial score (nSPS) is 19.6. The van der Waals surface area contributed by atoms with Crippen LogP contribution in [-0.2, 0) is 0 Å². The van der Waals surface area contributed by atoms with E-state index >= 15 is 0 Å². The van der Waals surface area contributed by atoms with E-state index in [4.69, 9.17) is 0 Å². The Kier molecular flexibility index (Phi) is 2.14. The first-order valence-electron chi connectivity index (χ1n) is 4.87. The number of H-pyrrole nitrogens is 1. The molecule has 0 spiro atoms. The van der Waals surface area contributed by atoms with Crippen LogP contribution in [0.4, 0.5) is 5.69 Å². The van der Waals surface area contributed by atoms with E-state index in [9.17, 15) is 0 Å². The van der Waals surface area contributed by atoms with Crippen molar-refractivity contribution in [3.63, 3.8) is 0 Å². The van der Waals surface area contributed by atoms with Gasteiger partial charge in [-0.15, -0.1) is 0 Å². The highest BCUT2D eigenvalue weighted by Crippen LogP contribution is 2.43. The third-order valence-electron chi connectivity index (χ3n) is 2.99. The van der Waals surface area contributed by atoms with Crippen LogP contribution in [0, 0.1) is 0 Å². The van der Waals surface area contributed by atoms with Crippen LogP contribution in [0.25, 0.3) is 0 Å². The zero-order chi connectivity index (χ0) is 10.4. The van der Waals surface area contributed by atoms with Crippen LogP contribution < -0.4 is 4.90 Å². The van der Waals surface area contributed by atoms with Gasteiger partial charge < -0.3 is 9.88 Å². The summed E-state index contributed by atoms with van der Waals surface area (Å²) < 4.78 is 1.10. The molecular weight excluding hydrogens is 272 g/mol. The fourth-order valence-corrected chi connectivity index (χ4v) is 3.64. The number of fused-ring (bicyclic) bond motifs is 1. The molecule has 0 aliphatic carbocycles. The minimum Gasteiger partial charge on any atom is -0.371 e. The fraction of sp³-hybridized carbons (Fsp3) is 0.273. The number of thiophene rings is 1. The van der Waals surface area contributed by atoms with E-state index in [2.05, 4.69) is 55.9 Å². The minimum absolute atomic E-state index is 0.527. The van der Waals surface area contributed by atoms with Gasteiger partial charge in [0.15, 0.2) is 0 Å². The number of hydrogen-bond acceptors (Lipinski definition) is 2. The Morgan fingerprint density at radius 3 is 3.20 bits per heavy atom. The molecule has 0 saturated heterocycles. The lowest BCUT2D eigenvalue weighted by atomic mass is 9.98. The molecule has 0 fully saturated rings. The Balaban J connectivity index is 2.09. The lowest BCUT2D eigenvalue weighted by Gasteiger charge is -2.13. The highest BCUT2D eigenvalue weighted by Gasteiger charge is 2.30. The first kappa shape index (κ1) is 9.48. The maximum Gasteiger partial charge on any atom is 0.106 e. The van der Waals surface area contributed by atoms with E-state index in [-0.39, 0.29) is 0 Å². The van der Waals surface area contributed by atoms with Gasteiger partial charge in [0.2, 0.25) is 0 Å². The Bertz CT molecular complexity index is 475. The molecule has 2 nitrogen and oxygen atoms in total. The number of hydrogen-bond donors (Lipinski definition) is 1. The van der Waals surface area contributed by atoms with Crippen LogP contribution in [0.2, 0.25) is 0 Å². The molecule has 3 rings (SSSR count). The van der Waals surface area contributed by atoms with Gasteiger partial charge in [-0.3, -0.25) is 0 Å². The van der Waals surface area contributed by atoms with E-state index in [0.717, 1.165) is 11.1 Å². The minimum atomic E-state index is 0.527. The van der Waals surface area contributed by atoms with Crippen LogP contribution >= 0.6 is 27.3 Å². The van der Waals surface area contributed by atoms with E-state index in [1.165, 1.54) is 16.8 Å². The smallest absolute Gasteiger partial charge is 0.106 e. The topological polar surface area (TPSA) is 19.0 Å². The average molecular weight is 283 g/mol. The number of aromatic nitrogens is 1. The van der Waals surface area contributed by atoms with Crippen molar-refractivity contribution < 1.29 is 0 Å². The molecule has 0 saturated carbocycles. The van der Waals surface area contributed by atoms with E-state index in [0.29, 0.717) is 5.92 Å². The number of nitrogens with one attached hydrogen (secondary N) is 1. The molecule has 1 aliphatic heterocycles. The fourth-order valence-electron chi connectivity index (χ4n) is 2.28. The monoisotopic (exact) mass is 282 g/mol. The van der Waals surface area contributed by atoms with Crippen molar-refractivity contribution in [2.75, 3.05) is 18.5 Å². The van der Waals surface area contributed by atoms with Crippen LogP contribution in [0.1, 0.15) is 17.0 Å². The molecule has 0 radical (unpaired) electrons. The molecule has 15 heavy (non-hydrogen) atoms. The summed E-state index contributed by atoms with van der Waals surface area (Å²) >= 11 is 5.32. The van der Waals surface area contributed by atoms with E-state index < -0.39 is 0 Å². The molecule has 0 aromatic carbocycles. The number of rotatable bonds is 1. The standard InChI is InChI=1S/C11H11BrN2S/c1-14-5-9(7-2-3-15-6-7)8-4-13-11(12)10(8)14/h2-4,6,9,13H,5H2,1H3. The molecule has 0 amide bonds. The first-order valence-corrected chi connectivity index (χ1v) is 6.61. The summed E-state index contributed by atoms with van der Waals surface area (Å²) in [6.07, 6.45) is 2.12. The molecule has 1 unspecified atom stereocenters. The summed E-state index contributed by atoms with van der Waals surface area (Å²) in [5.41, 5.74) is 4.14. The molecular formula is C11H11BrN2S. The molecule has 3 heterocycles. The second-order valence-corrected chi connectivity index (χ2v) is 5.47. The van der Waals surface area contributed by atoms with E-state index in [1.807, 2.05) is 0 Å². The second kappa shape index (κ2) is 3.39. The maximum absolute atomic E-state index is 3.55. The van der Waals surface area contributed by atoms with Crippen molar-refractivity contribution in [1.29, 1.82) is 0 Å². The Morgan fingerprint density at radius 2 is 2.47 bits per heavy atom. The summed E-state index contributed by atoms with van der Waals surface area (Å²) in [6, 6.07) is 2.22.